The average Bonchev–Trinajstić information content (AvgIpc) is 3.38. The normalized spacial score (nSPS) is 10.4. The fourth-order valence-corrected chi connectivity index (χ4v) is 13.1. The summed E-state index contributed by atoms with van der Waals surface area (Å²) in [7, 11) is -2.52. The predicted molar refractivity (Wildman–Crippen MR) is 281 cm³/mol. The van der Waals surface area contributed by atoms with Gasteiger partial charge in [-0.3, -0.25) is 4.98 Å². The van der Waals surface area contributed by atoms with Crippen LogP contribution >= 0.6 is 64.5 Å². The van der Waals surface area contributed by atoms with Crippen LogP contribution in [0.4, 0.5) is 26.3 Å². The Balaban J connectivity index is 0.000000182. The van der Waals surface area contributed by atoms with Gasteiger partial charge >= 0.3 is 66.2 Å². The van der Waals surface area contributed by atoms with Crippen molar-refractivity contribution >= 4 is 112 Å². The largest absolute Gasteiger partial charge is 0.256 e. The first-order valence-electron chi connectivity index (χ1n) is 19.9. The van der Waals surface area contributed by atoms with Crippen LogP contribution in [0.3, 0.4) is 0 Å². The van der Waals surface area contributed by atoms with E-state index >= 15 is 0 Å². The Morgan fingerprint density at radius 1 is 0.254 bits per heavy atom. The molecule has 0 radical (unpaired) electrons. The zero-order valence-electron chi connectivity index (χ0n) is 34.9. The van der Waals surface area contributed by atoms with Crippen LogP contribution < -0.4 is 47.9 Å². The van der Waals surface area contributed by atoms with Gasteiger partial charge in [0.25, 0.3) is 0 Å². The van der Waals surface area contributed by atoms with Crippen LogP contribution in [0, 0.1) is 34.9 Å². The van der Waals surface area contributed by atoms with Crippen LogP contribution in [0.25, 0.3) is 0 Å². The van der Waals surface area contributed by atoms with E-state index in [0.29, 0.717) is 0 Å². The van der Waals surface area contributed by atoms with Crippen LogP contribution in [0.15, 0.2) is 231 Å². The van der Waals surface area contributed by atoms with E-state index in [2.05, 4.69) is 103 Å². The molecule has 0 saturated heterocycles. The minimum atomic E-state index is -0.983. The standard InChI is InChI=1S/2C18H12F3P.C17H14NP.2Cu.2HI/c2*19-13-1-7-16(8-2-13)22(17-9-3-14(20)4-10-17)18-11-5-15(21)6-12-18;1-3-9-15(10-4-1)19(16-11-5-2-6-12-16)17-13-7-8-14-18-17;;;;/h2*1-12H;1-14H;;;2*1H/q;;;2*+1;;/p-2. The minimum absolute atomic E-state index is 0.308. The Hall–Kier alpha value is -3.72. The van der Waals surface area contributed by atoms with E-state index in [4.69, 9.17) is 0 Å². The van der Waals surface area contributed by atoms with Crippen LogP contribution in [-0.2, 0) is 25.5 Å². The Morgan fingerprint density at radius 2 is 0.463 bits per heavy atom. The number of rotatable bonds is 9. The van der Waals surface area contributed by atoms with Crippen molar-refractivity contribution < 1.29 is 51.9 Å². The molecule has 0 bridgehead atoms. The van der Waals surface area contributed by atoms with Gasteiger partial charge in [0.15, 0.2) is 0 Å². The van der Waals surface area contributed by atoms with E-state index in [1.807, 2.05) is 12.3 Å². The van der Waals surface area contributed by atoms with Gasteiger partial charge in [-0.05, 0) is 143 Å². The molecule has 0 amide bonds. The first-order chi connectivity index (χ1) is 32.7. The second-order valence-corrected chi connectivity index (χ2v) is 20.3. The van der Waals surface area contributed by atoms with Gasteiger partial charge in [0.2, 0.25) is 0 Å². The Kier molecular flexibility index (Phi) is 23.7. The Bertz CT molecular complexity index is 2330. The van der Waals surface area contributed by atoms with E-state index in [0.717, 1.165) is 37.3 Å². The van der Waals surface area contributed by atoms with Crippen molar-refractivity contribution in [3.63, 3.8) is 0 Å². The monoisotopic (exact) mass is 1270 g/mol. The summed E-state index contributed by atoms with van der Waals surface area (Å²) in [4.78, 5) is 4.56. The number of aromatic nitrogens is 1. The van der Waals surface area contributed by atoms with Crippen LogP contribution in [0.1, 0.15) is 0 Å². The third-order valence-corrected chi connectivity index (χ3v) is 16.7. The van der Waals surface area contributed by atoms with Crippen molar-refractivity contribution in [3.8, 4) is 0 Å². The molecule has 9 aromatic rings. The molecule has 0 atom stereocenters. The molecule has 348 valence electrons. The summed E-state index contributed by atoms with van der Waals surface area (Å²) in [6.45, 7) is 0. The molecule has 0 spiro atoms. The molecule has 0 N–H and O–H groups in total. The minimum Gasteiger partial charge on any atom is -0.256 e. The fourth-order valence-electron chi connectivity index (χ4n) is 6.49. The van der Waals surface area contributed by atoms with Gasteiger partial charge in [0.05, 0.1) is 5.44 Å². The molecule has 0 unspecified atom stereocenters. The number of pyridine rings is 1. The SMILES string of the molecule is Fc1ccc(P(c2ccc(F)cc2)c2ccc(F)cc2)cc1.Fc1ccc(P(c2ccc(F)cc2)c2ccc(F)cc2)cc1.[Cu][I].[Cu][I].c1ccc(P(c2ccccc2)c2ccccn2)cc1. The van der Waals surface area contributed by atoms with Gasteiger partial charge in [0, 0.05) is 14.1 Å². The van der Waals surface area contributed by atoms with Crippen molar-refractivity contribution in [2.45, 2.75) is 0 Å². The number of hydrogen-bond donors (Lipinski definition) is 0. The molecule has 8 aromatic carbocycles. The van der Waals surface area contributed by atoms with E-state index < -0.39 is 23.8 Å². The second-order valence-electron chi connectivity index (χ2n) is 13.7. The summed E-state index contributed by atoms with van der Waals surface area (Å²) in [6.07, 6.45) is 1.87. The second kappa shape index (κ2) is 29.3. The fraction of sp³-hybridized carbons (Fsp3) is 0. The maximum absolute atomic E-state index is 13.2. The Morgan fingerprint density at radius 3 is 0.672 bits per heavy atom. The number of nitrogens with zero attached hydrogens (tertiary/aromatic N) is 1. The molecule has 9 rings (SSSR count). The van der Waals surface area contributed by atoms with Gasteiger partial charge in [0.1, 0.15) is 34.9 Å². The molecule has 1 aromatic heterocycles. The molecule has 1 heterocycles. The van der Waals surface area contributed by atoms with Gasteiger partial charge in [-0.25, -0.2) is 26.3 Å². The topological polar surface area (TPSA) is 12.9 Å². The Labute approximate surface area is 430 Å². The van der Waals surface area contributed by atoms with Crippen molar-refractivity contribution in [1.82, 2.24) is 4.98 Å². The summed E-state index contributed by atoms with van der Waals surface area (Å²) in [5, 5.41) is 8.22. The van der Waals surface area contributed by atoms with Gasteiger partial charge in [-0.2, -0.15) is 0 Å². The van der Waals surface area contributed by atoms with Crippen molar-refractivity contribution in [2.24, 2.45) is 0 Å². The third-order valence-electron chi connectivity index (χ3n) is 9.42. The molecule has 0 fully saturated rings. The zero-order chi connectivity index (χ0) is 48.0. The van der Waals surface area contributed by atoms with E-state index in [1.165, 1.54) is 83.4 Å². The molecule has 1 nitrogen and oxygen atoms in total. The molecule has 0 aliphatic carbocycles. The van der Waals surface area contributed by atoms with E-state index in [1.54, 1.807) is 113 Å². The molecular formula is C53H38Cu2F6I2NP3. The summed E-state index contributed by atoms with van der Waals surface area (Å²) in [5.74, 6) is -1.85. The summed E-state index contributed by atoms with van der Waals surface area (Å²) >= 11 is 11.7. The maximum atomic E-state index is 13.2. The number of hydrogen-bond acceptors (Lipinski definition) is 1. The molecule has 67 heavy (non-hydrogen) atoms. The van der Waals surface area contributed by atoms with Gasteiger partial charge in [-0.1, -0.05) is 140 Å². The van der Waals surface area contributed by atoms with Crippen molar-refractivity contribution in [3.05, 3.63) is 266 Å². The summed E-state index contributed by atoms with van der Waals surface area (Å²) in [5.41, 5.74) is 1.15. The quantitative estimate of drug-likeness (QED) is 0.0607. The molecular weight excluding hydrogens is 1240 g/mol. The average molecular weight is 1280 g/mol. The number of benzene rings is 8. The first-order valence-corrected chi connectivity index (χ1v) is 30.0. The van der Waals surface area contributed by atoms with Gasteiger partial charge in [-0.15, -0.1) is 0 Å². The van der Waals surface area contributed by atoms with Crippen LogP contribution in [-0.4, -0.2) is 4.98 Å². The van der Waals surface area contributed by atoms with E-state index in [-0.39, 0.29) is 34.9 Å². The molecule has 0 aliphatic heterocycles. The van der Waals surface area contributed by atoms with E-state index in [9.17, 15) is 26.3 Å². The van der Waals surface area contributed by atoms with Crippen LogP contribution in [0.5, 0.6) is 0 Å². The third kappa shape index (κ3) is 16.7. The summed E-state index contributed by atoms with van der Waals surface area (Å²) in [6, 6.07) is 64.8. The smallest absolute Gasteiger partial charge is 0.0720 e. The molecule has 14 heteroatoms. The molecule has 0 aliphatic rings. The zero-order valence-corrected chi connectivity index (χ0v) is 43.7. The van der Waals surface area contributed by atoms with Gasteiger partial charge < -0.3 is 0 Å². The maximum Gasteiger partial charge on any atom is 0.0720 e. The number of halogens is 8. The molecule has 0 saturated carbocycles. The van der Waals surface area contributed by atoms with Crippen LogP contribution in [0.2, 0.25) is 0 Å². The van der Waals surface area contributed by atoms with Crippen molar-refractivity contribution in [2.75, 3.05) is 0 Å². The van der Waals surface area contributed by atoms with Crippen molar-refractivity contribution in [1.29, 1.82) is 0 Å². The summed E-state index contributed by atoms with van der Waals surface area (Å²) < 4.78 is 79.0. The predicted octanol–water partition coefficient (Wildman–Crippen LogP) is 12.3. The first kappa shape index (κ1) is 54.2.